The monoisotopic (exact) mass is 396 g/mol. The first kappa shape index (κ1) is 19.6. The van der Waals surface area contributed by atoms with E-state index in [-0.39, 0.29) is 11.9 Å². The maximum absolute atomic E-state index is 12.1. The summed E-state index contributed by atoms with van der Waals surface area (Å²) in [5.41, 5.74) is 1.53. The predicted molar refractivity (Wildman–Crippen MR) is 113 cm³/mol. The Morgan fingerprint density at radius 3 is 2.52 bits per heavy atom. The van der Waals surface area contributed by atoms with E-state index < -0.39 is 0 Å². The van der Waals surface area contributed by atoms with Crippen LogP contribution in [0.1, 0.15) is 26.2 Å². The zero-order chi connectivity index (χ0) is 20.1. The van der Waals surface area contributed by atoms with Crippen LogP contribution in [0.5, 0.6) is 11.5 Å². The molecule has 1 fully saturated rings. The minimum absolute atomic E-state index is 0.216. The van der Waals surface area contributed by atoms with Crippen molar-refractivity contribution in [1.29, 1.82) is 0 Å². The van der Waals surface area contributed by atoms with Crippen LogP contribution in [-0.2, 0) is 6.54 Å². The number of aryl methyl sites for hydroxylation is 1. The van der Waals surface area contributed by atoms with Crippen LogP contribution < -0.4 is 15.2 Å². The third-order valence-corrected chi connectivity index (χ3v) is 5.41. The number of oxazole rings is 1. The highest BCUT2D eigenvalue weighted by Gasteiger charge is 2.21. The van der Waals surface area contributed by atoms with E-state index >= 15 is 0 Å². The van der Waals surface area contributed by atoms with E-state index in [1.807, 2.05) is 55.5 Å². The van der Waals surface area contributed by atoms with Gasteiger partial charge >= 0.3 is 5.76 Å². The molecule has 154 valence electrons. The lowest BCUT2D eigenvalue weighted by Gasteiger charge is -2.32. The van der Waals surface area contributed by atoms with Gasteiger partial charge in [-0.2, -0.15) is 0 Å². The molecule has 1 aliphatic rings. The van der Waals surface area contributed by atoms with Crippen LogP contribution >= 0.6 is 0 Å². The van der Waals surface area contributed by atoms with E-state index in [4.69, 9.17) is 13.9 Å². The minimum atomic E-state index is -0.272. The summed E-state index contributed by atoms with van der Waals surface area (Å²) in [5, 5.41) is 0. The maximum atomic E-state index is 12.1. The molecule has 2 heterocycles. The molecule has 1 aliphatic heterocycles. The molecular formula is C23H28N2O4. The molecule has 0 radical (unpaired) electrons. The number of nitrogens with zero attached hydrogens (tertiary/aromatic N) is 2. The highest BCUT2D eigenvalue weighted by atomic mass is 16.5. The van der Waals surface area contributed by atoms with Crippen molar-refractivity contribution in [1.82, 2.24) is 9.47 Å². The summed E-state index contributed by atoms with van der Waals surface area (Å²) in [6, 6.07) is 15.5. The summed E-state index contributed by atoms with van der Waals surface area (Å²) in [6.45, 7) is 6.26. The van der Waals surface area contributed by atoms with Gasteiger partial charge in [0.25, 0.3) is 0 Å². The molecule has 0 amide bonds. The Morgan fingerprint density at radius 1 is 1.00 bits per heavy atom. The highest BCUT2D eigenvalue weighted by Crippen LogP contribution is 2.29. The van der Waals surface area contributed by atoms with Crippen LogP contribution in [-0.4, -0.2) is 41.8 Å². The average Bonchev–Trinajstić information content (AvgIpc) is 3.06. The Hall–Kier alpha value is -2.73. The number of likely N-dealkylation sites (tertiary alicyclic amines) is 1. The molecule has 0 N–H and O–H groups in total. The first-order valence-corrected chi connectivity index (χ1v) is 10.4. The molecule has 3 aromatic rings. The fraction of sp³-hybridized carbons (Fsp3) is 0.435. The molecule has 4 rings (SSSR count). The molecule has 0 spiro atoms. The van der Waals surface area contributed by atoms with E-state index in [2.05, 4.69) is 4.90 Å². The highest BCUT2D eigenvalue weighted by molar-refractivity contribution is 5.72. The predicted octanol–water partition coefficient (Wildman–Crippen LogP) is 3.93. The SMILES string of the molecule is CCOc1ccccc1OC1CCN(CCCn2c(=O)oc3ccccc32)CC1. The maximum Gasteiger partial charge on any atom is 0.419 e. The van der Waals surface area contributed by atoms with Crippen LogP contribution in [0.3, 0.4) is 0 Å². The molecule has 0 bridgehead atoms. The molecule has 1 aromatic heterocycles. The van der Waals surface area contributed by atoms with Crippen molar-refractivity contribution in [3.8, 4) is 11.5 Å². The molecule has 29 heavy (non-hydrogen) atoms. The Morgan fingerprint density at radius 2 is 1.72 bits per heavy atom. The summed E-state index contributed by atoms with van der Waals surface area (Å²) >= 11 is 0. The second-order valence-electron chi connectivity index (χ2n) is 7.38. The van der Waals surface area contributed by atoms with Crippen LogP contribution in [0, 0.1) is 0 Å². The van der Waals surface area contributed by atoms with Crippen molar-refractivity contribution < 1.29 is 13.9 Å². The van der Waals surface area contributed by atoms with Gasteiger partial charge in [0.2, 0.25) is 0 Å². The molecule has 6 heteroatoms. The Bertz CT molecular complexity index is 986. The van der Waals surface area contributed by atoms with Gasteiger partial charge < -0.3 is 18.8 Å². The third-order valence-electron chi connectivity index (χ3n) is 5.41. The fourth-order valence-electron chi connectivity index (χ4n) is 3.93. The summed E-state index contributed by atoms with van der Waals surface area (Å²) < 4.78 is 18.9. The largest absolute Gasteiger partial charge is 0.490 e. The fourth-order valence-corrected chi connectivity index (χ4v) is 3.93. The zero-order valence-corrected chi connectivity index (χ0v) is 16.9. The summed E-state index contributed by atoms with van der Waals surface area (Å²) in [4.78, 5) is 14.5. The van der Waals surface area contributed by atoms with E-state index in [0.717, 1.165) is 55.9 Å². The van der Waals surface area contributed by atoms with Crippen molar-refractivity contribution in [3.05, 3.63) is 59.1 Å². The molecule has 0 unspecified atom stereocenters. The number of ether oxygens (including phenoxy) is 2. The lowest BCUT2D eigenvalue weighted by atomic mass is 10.1. The van der Waals surface area contributed by atoms with Gasteiger partial charge in [-0.25, -0.2) is 4.79 Å². The molecular weight excluding hydrogens is 368 g/mol. The van der Waals surface area contributed by atoms with Gasteiger partial charge in [0.15, 0.2) is 17.1 Å². The van der Waals surface area contributed by atoms with Crippen molar-refractivity contribution in [2.45, 2.75) is 38.8 Å². The first-order valence-electron chi connectivity index (χ1n) is 10.4. The van der Waals surface area contributed by atoms with E-state index in [1.165, 1.54) is 0 Å². The molecule has 0 aliphatic carbocycles. The number of hydrogen-bond donors (Lipinski definition) is 0. The minimum Gasteiger partial charge on any atom is -0.490 e. The van der Waals surface area contributed by atoms with Gasteiger partial charge in [0, 0.05) is 19.6 Å². The van der Waals surface area contributed by atoms with Gasteiger partial charge in [0.1, 0.15) is 6.10 Å². The Labute approximate surface area is 170 Å². The first-order chi connectivity index (χ1) is 14.2. The van der Waals surface area contributed by atoms with Gasteiger partial charge in [-0.1, -0.05) is 24.3 Å². The van der Waals surface area contributed by atoms with Crippen LogP contribution in [0.2, 0.25) is 0 Å². The molecule has 0 saturated carbocycles. The lowest BCUT2D eigenvalue weighted by molar-refractivity contribution is 0.0960. The van der Waals surface area contributed by atoms with E-state index in [1.54, 1.807) is 4.57 Å². The second kappa shape index (κ2) is 9.18. The molecule has 1 saturated heterocycles. The van der Waals surface area contributed by atoms with Crippen molar-refractivity contribution in [2.24, 2.45) is 0 Å². The smallest absolute Gasteiger partial charge is 0.419 e. The zero-order valence-electron chi connectivity index (χ0n) is 16.9. The van der Waals surface area contributed by atoms with Gasteiger partial charge in [-0.3, -0.25) is 4.57 Å². The van der Waals surface area contributed by atoms with Crippen molar-refractivity contribution >= 4 is 11.1 Å². The average molecular weight is 396 g/mol. The number of benzene rings is 2. The summed E-state index contributed by atoms with van der Waals surface area (Å²) in [6.07, 6.45) is 3.12. The number of para-hydroxylation sites is 4. The quantitative estimate of drug-likeness (QED) is 0.578. The number of aromatic nitrogens is 1. The molecule has 6 nitrogen and oxygen atoms in total. The van der Waals surface area contributed by atoms with Crippen LogP contribution in [0.4, 0.5) is 0 Å². The number of fused-ring (bicyclic) bond motifs is 1. The number of rotatable bonds is 8. The Balaban J connectivity index is 1.25. The second-order valence-corrected chi connectivity index (χ2v) is 7.38. The van der Waals surface area contributed by atoms with Crippen molar-refractivity contribution in [3.63, 3.8) is 0 Å². The topological polar surface area (TPSA) is 56.8 Å². The van der Waals surface area contributed by atoms with Crippen LogP contribution in [0.25, 0.3) is 11.1 Å². The van der Waals surface area contributed by atoms with E-state index in [0.29, 0.717) is 18.7 Å². The van der Waals surface area contributed by atoms with Crippen molar-refractivity contribution in [2.75, 3.05) is 26.2 Å². The Kier molecular flexibility index (Phi) is 6.20. The normalized spacial score (nSPS) is 15.6. The summed E-state index contributed by atoms with van der Waals surface area (Å²) in [5.74, 6) is 1.38. The third kappa shape index (κ3) is 4.65. The van der Waals surface area contributed by atoms with E-state index in [9.17, 15) is 4.79 Å². The molecule has 0 atom stereocenters. The number of hydrogen-bond acceptors (Lipinski definition) is 5. The van der Waals surface area contributed by atoms with Crippen LogP contribution in [0.15, 0.2) is 57.7 Å². The van der Waals surface area contributed by atoms with Gasteiger partial charge in [-0.15, -0.1) is 0 Å². The summed E-state index contributed by atoms with van der Waals surface area (Å²) in [7, 11) is 0. The standard InChI is InChI=1S/C23H28N2O4/c1-2-27-21-10-5-6-11-22(21)28-18-12-16-24(17-13-18)14-7-15-25-19-8-3-4-9-20(19)29-23(25)26/h3-6,8-11,18H,2,7,12-17H2,1H3. The van der Waals surface area contributed by atoms with Gasteiger partial charge in [-0.05, 0) is 57.0 Å². The lowest BCUT2D eigenvalue weighted by Crippen LogP contribution is -2.39. The number of piperidine rings is 1. The molecule has 2 aromatic carbocycles. The van der Waals surface area contributed by atoms with Gasteiger partial charge in [0.05, 0.1) is 12.1 Å².